The zero-order valence-electron chi connectivity index (χ0n) is 12.3. The molecule has 0 aliphatic rings. The summed E-state index contributed by atoms with van der Waals surface area (Å²) in [5.74, 6) is 0.0736. The fraction of sp³-hybridized carbons (Fsp3) is 0.125. The quantitative estimate of drug-likeness (QED) is 0.435. The fourth-order valence-corrected chi connectivity index (χ4v) is 3.76. The van der Waals surface area contributed by atoms with E-state index in [1.165, 1.54) is 25.0 Å². The number of amides is 1. The topological polar surface area (TPSA) is 72.0 Å². The Morgan fingerprint density at radius 2 is 2.13 bits per heavy atom. The summed E-state index contributed by atoms with van der Waals surface area (Å²) in [7, 11) is 0. The molecule has 0 aliphatic carbocycles. The molecular weight excluding hydrogens is 330 g/mol. The lowest BCUT2D eigenvalue weighted by Crippen LogP contribution is -2.14. The number of fused-ring (bicyclic) bond motifs is 1. The summed E-state index contributed by atoms with van der Waals surface area (Å²) in [6.07, 6.45) is 1.51. The van der Waals surface area contributed by atoms with Gasteiger partial charge in [-0.25, -0.2) is 9.97 Å². The van der Waals surface area contributed by atoms with Gasteiger partial charge >= 0.3 is 0 Å². The number of benzene rings is 1. The van der Waals surface area contributed by atoms with E-state index in [9.17, 15) is 9.59 Å². The first-order valence-corrected chi connectivity index (χ1v) is 8.72. The molecule has 0 saturated carbocycles. The van der Waals surface area contributed by atoms with Crippen molar-refractivity contribution in [1.82, 2.24) is 9.97 Å². The Labute approximate surface area is 141 Å². The molecule has 0 fully saturated rings. The summed E-state index contributed by atoms with van der Waals surface area (Å²) < 4.78 is 0.990. The maximum Gasteiger partial charge on any atom is 0.234 e. The summed E-state index contributed by atoms with van der Waals surface area (Å²) in [5, 5.41) is 5.56. The summed E-state index contributed by atoms with van der Waals surface area (Å²) >= 11 is 2.93. The van der Waals surface area contributed by atoms with E-state index in [1.807, 2.05) is 11.4 Å². The second-order valence-electron chi connectivity index (χ2n) is 4.79. The van der Waals surface area contributed by atoms with Crippen LogP contribution >= 0.6 is 23.1 Å². The third kappa shape index (κ3) is 3.75. The molecule has 0 saturated heterocycles. The van der Waals surface area contributed by atoms with E-state index in [0.29, 0.717) is 11.3 Å². The van der Waals surface area contributed by atoms with Crippen molar-refractivity contribution in [2.45, 2.75) is 11.9 Å². The highest BCUT2D eigenvalue weighted by Gasteiger charge is 2.09. The van der Waals surface area contributed by atoms with Gasteiger partial charge in [0.15, 0.2) is 5.78 Å². The molecule has 116 valence electrons. The van der Waals surface area contributed by atoms with E-state index < -0.39 is 0 Å². The number of anilines is 1. The molecule has 5 nitrogen and oxygen atoms in total. The number of nitrogens with one attached hydrogen (secondary N) is 1. The lowest BCUT2D eigenvalue weighted by molar-refractivity contribution is -0.113. The van der Waals surface area contributed by atoms with Crippen LogP contribution in [0, 0.1) is 0 Å². The maximum atomic E-state index is 12.1. The number of rotatable bonds is 5. The van der Waals surface area contributed by atoms with Crippen molar-refractivity contribution in [3.8, 4) is 0 Å². The Balaban J connectivity index is 1.65. The van der Waals surface area contributed by atoms with Gasteiger partial charge < -0.3 is 5.32 Å². The number of nitrogens with zero attached hydrogens (tertiary/aromatic N) is 2. The Bertz CT molecular complexity index is 876. The van der Waals surface area contributed by atoms with Crippen LogP contribution < -0.4 is 5.32 Å². The molecule has 1 N–H and O–H groups in total. The highest BCUT2D eigenvalue weighted by Crippen LogP contribution is 2.28. The molecule has 0 bridgehead atoms. The first-order valence-electron chi connectivity index (χ1n) is 6.85. The molecule has 0 aliphatic heterocycles. The second kappa shape index (κ2) is 6.89. The maximum absolute atomic E-state index is 12.1. The zero-order valence-corrected chi connectivity index (χ0v) is 13.9. The number of ketones is 1. The van der Waals surface area contributed by atoms with E-state index in [1.54, 1.807) is 35.6 Å². The third-order valence-electron chi connectivity index (χ3n) is 3.10. The molecular formula is C16H13N3O2S2. The van der Waals surface area contributed by atoms with Gasteiger partial charge in [0.25, 0.3) is 0 Å². The minimum atomic E-state index is -0.140. The minimum Gasteiger partial charge on any atom is -0.325 e. The van der Waals surface area contributed by atoms with Crippen LogP contribution in [0.15, 0.2) is 47.1 Å². The van der Waals surface area contributed by atoms with Crippen LogP contribution in [-0.4, -0.2) is 27.4 Å². The molecule has 3 aromatic rings. The highest BCUT2D eigenvalue weighted by atomic mass is 32.2. The van der Waals surface area contributed by atoms with Gasteiger partial charge in [0.05, 0.1) is 16.0 Å². The van der Waals surface area contributed by atoms with Crippen LogP contribution in [0.1, 0.15) is 17.3 Å². The predicted octanol–water partition coefficient (Wildman–Crippen LogP) is 3.62. The molecule has 7 heteroatoms. The van der Waals surface area contributed by atoms with Gasteiger partial charge in [0, 0.05) is 11.3 Å². The van der Waals surface area contributed by atoms with Crippen molar-refractivity contribution in [2.24, 2.45) is 0 Å². The lowest BCUT2D eigenvalue weighted by atomic mass is 10.1. The number of aromatic nitrogens is 2. The highest BCUT2D eigenvalue weighted by molar-refractivity contribution is 8.00. The van der Waals surface area contributed by atoms with E-state index in [4.69, 9.17) is 0 Å². The average Bonchev–Trinajstić information content (AvgIpc) is 3.02. The van der Waals surface area contributed by atoms with E-state index in [2.05, 4.69) is 15.3 Å². The standard InChI is InChI=1S/C16H13N3O2S2/c1-10(20)11-3-2-4-12(7-11)19-14(21)8-23-16-15-13(5-6-22-15)17-9-18-16/h2-7,9H,8H2,1H3,(H,19,21). The van der Waals surface area contributed by atoms with Crippen molar-refractivity contribution in [2.75, 3.05) is 11.1 Å². The zero-order chi connectivity index (χ0) is 16.2. The summed E-state index contributed by atoms with van der Waals surface area (Å²) in [5.41, 5.74) is 2.08. The van der Waals surface area contributed by atoms with Crippen molar-refractivity contribution >= 4 is 50.7 Å². The van der Waals surface area contributed by atoms with E-state index in [0.717, 1.165) is 15.2 Å². The van der Waals surface area contributed by atoms with Crippen LogP contribution in [0.5, 0.6) is 0 Å². The fourth-order valence-electron chi connectivity index (χ4n) is 2.02. The third-order valence-corrected chi connectivity index (χ3v) is 5.13. The number of thiophene rings is 1. The number of Topliss-reactive ketones (excluding diaryl/α,β-unsaturated/α-hetero) is 1. The number of carbonyl (C=O) groups excluding carboxylic acids is 2. The molecule has 2 aromatic heterocycles. The van der Waals surface area contributed by atoms with Crippen molar-refractivity contribution < 1.29 is 9.59 Å². The van der Waals surface area contributed by atoms with Gasteiger partial charge in [-0.2, -0.15) is 0 Å². The second-order valence-corrected chi connectivity index (χ2v) is 6.67. The molecule has 0 spiro atoms. The van der Waals surface area contributed by atoms with Crippen LogP contribution in [0.2, 0.25) is 0 Å². The molecule has 0 unspecified atom stereocenters. The molecule has 0 atom stereocenters. The van der Waals surface area contributed by atoms with Crippen LogP contribution in [0.25, 0.3) is 10.2 Å². The van der Waals surface area contributed by atoms with Gasteiger partial charge in [0.2, 0.25) is 5.91 Å². The van der Waals surface area contributed by atoms with Crippen molar-refractivity contribution in [1.29, 1.82) is 0 Å². The van der Waals surface area contributed by atoms with Crippen LogP contribution in [0.4, 0.5) is 5.69 Å². The van der Waals surface area contributed by atoms with E-state index >= 15 is 0 Å². The summed E-state index contributed by atoms with van der Waals surface area (Å²) in [6, 6.07) is 8.84. The van der Waals surface area contributed by atoms with Gasteiger partial charge in [0.1, 0.15) is 11.4 Å². The molecule has 23 heavy (non-hydrogen) atoms. The number of carbonyl (C=O) groups is 2. The Kier molecular flexibility index (Phi) is 4.68. The van der Waals surface area contributed by atoms with Crippen molar-refractivity contribution in [3.05, 3.63) is 47.6 Å². The van der Waals surface area contributed by atoms with Gasteiger partial charge in [-0.1, -0.05) is 23.9 Å². The Morgan fingerprint density at radius 1 is 1.26 bits per heavy atom. The summed E-state index contributed by atoms with van der Waals surface area (Å²) in [6.45, 7) is 1.50. The Morgan fingerprint density at radius 3 is 2.96 bits per heavy atom. The molecule has 0 radical (unpaired) electrons. The first-order chi connectivity index (χ1) is 11.1. The van der Waals surface area contributed by atoms with E-state index in [-0.39, 0.29) is 17.4 Å². The predicted molar refractivity (Wildman–Crippen MR) is 93.2 cm³/mol. The molecule has 3 rings (SSSR count). The smallest absolute Gasteiger partial charge is 0.234 e. The van der Waals surface area contributed by atoms with Crippen LogP contribution in [0.3, 0.4) is 0 Å². The molecule has 1 amide bonds. The monoisotopic (exact) mass is 343 g/mol. The SMILES string of the molecule is CC(=O)c1cccc(NC(=O)CSc2ncnc3ccsc23)c1. The van der Waals surface area contributed by atoms with Gasteiger partial charge in [-0.05, 0) is 30.5 Å². The molecule has 2 heterocycles. The normalized spacial score (nSPS) is 10.7. The Hall–Kier alpha value is -2.25. The number of thioether (sulfide) groups is 1. The lowest BCUT2D eigenvalue weighted by Gasteiger charge is -2.06. The minimum absolute atomic E-state index is 0.0310. The van der Waals surface area contributed by atoms with Crippen LogP contribution in [-0.2, 0) is 4.79 Å². The largest absolute Gasteiger partial charge is 0.325 e. The number of hydrogen-bond acceptors (Lipinski definition) is 6. The number of hydrogen-bond donors (Lipinski definition) is 1. The van der Waals surface area contributed by atoms with Gasteiger partial charge in [-0.3, -0.25) is 9.59 Å². The average molecular weight is 343 g/mol. The van der Waals surface area contributed by atoms with Crippen molar-refractivity contribution in [3.63, 3.8) is 0 Å². The first kappa shape index (κ1) is 15.6. The van der Waals surface area contributed by atoms with Gasteiger partial charge in [-0.15, -0.1) is 11.3 Å². The summed E-state index contributed by atoms with van der Waals surface area (Å²) in [4.78, 5) is 31.9. The molecule has 1 aromatic carbocycles.